The van der Waals surface area contributed by atoms with Gasteiger partial charge in [-0.3, -0.25) is 0 Å². The smallest absolute Gasteiger partial charge is 0.148 e. The molecule has 0 fully saturated rings. The summed E-state index contributed by atoms with van der Waals surface area (Å²) in [6.45, 7) is 0. The van der Waals surface area contributed by atoms with Crippen LogP contribution in [0.2, 0.25) is 0 Å². The van der Waals surface area contributed by atoms with Gasteiger partial charge in [0.25, 0.3) is 0 Å². The van der Waals surface area contributed by atoms with E-state index in [1.165, 1.54) is 18.2 Å². The first kappa shape index (κ1) is 6.67. The van der Waals surface area contributed by atoms with Crippen LogP contribution in [-0.4, -0.2) is 0 Å². The Morgan fingerprint density at radius 1 is 1.50 bits per heavy atom. The summed E-state index contributed by atoms with van der Waals surface area (Å²) in [5.41, 5.74) is 4.87. The van der Waals surface area contributed by atoms with E-state index >= 15 is 0 Å². The third-order valence-electron chi connectivity index (χ3n) is 1.13. The van der Waals surface area contributed by atoms with Crippen LogP contribution in [0, 0.1) is 10.7 Å². The van der Waals surface area contributed by atoms with Gasteiger partial charge in [-0.05, 0) is 17.3 Å². The van der Waals surface area contributed by atoms with Crippen molar-refractivity contribution >= 4 is 11.4 Å². The summed E-state index contributed by atoms with van der Waals surface area (Å²) in [7, 11) is 0. The average Bonchev–Trinajstić information content (AvgIpc) is 1.95. The number of para-hydroxylation sites is 1. The van der Waals surface area contributed by atoms with Crippen molar-refractivity contribution in [3.8, 4) is 0 Å². The SMILES string of the molecule is Nc1c(F)cccc1N=O. The Bertz CT molecular complexity index is 262. The van der Waals surface area contributed by atoms with Crippen molar-refractivity contribution in [2.45, 2.75) is 0 Å². The summed E-state index contributed by atoms with van der Waals surface area (Å²) in [5.74, 6) is -0.614. The molecule has 0 saturated carbocycles. The van der Waals surface area contributed by atoms with Crippen LogP contribution in [0.3, 0.4) is 0 Å². The van der Waals surface area contributed by atoms with E-state index < -0.39 is 5.82 Å². The molecule has 0 unspecified atom stereocenters. The molecular weight excluding hydrogens is 135 g/mol. The minimum Gasteiger partial charge on any atom is -0.394 e. The second-order valence-electron chi connectivity index (χ2n) is 1.76. The van der Waals surface area contributed by atoms with Crippen LogP contribution in [0.25, 0.3) is 0 Å². The number of nitroso groups, excluding NO2 is 1. The number of nitrogen functional groups attached to an aromatic ring is 1. The first-order valence-corrected chi connectivity index (χ1v) is 2.63. The molecule has 0 bridgehead atoms. The van der Waals surface area contributed by atoms with Crippen molar-refractivity contribution in [3.63, 3.8) is 0 Å². The number of rotatable bonds is 1. The molecule has 0 aliphatic heterocycles. The lowest BCUT2D eigenvalue weighted by molar-refractivity contribution is 0.633. The topological polar surface area (TPSA) is 55.4 Å². The highest BCUT2D eigenvalue weighted by molar-refractivity contribution is 5.62. The fourth-order valence-electron chi connectivity index (χ4n) is 0.605. The number of hydrogen-bond donors (Lipinski definition) is 1. The molecule has 0 aromatic heterocycles. The van der Waals surface area contributed by atoms with Crippen LogP contribution in [0.15, 0.2) is 23.4 Å². The normalized spacial score (nSPS) is 9.30. The van der Waals surface area contributed by atoms with Crippen LogP contribution < -0.4 is 5.73 Å². The fraction of sp³-hybridized carbons (Fsp3) is 0. The largest absolute Gasteiger partial charge is 0.394 e. The third kappa shape index (κ3) is 0.953. The molecule has 4 heteroatoms. The standard InChI is InChI=1S/C6H5FN2O/c7-4-2-1-3-5(9-10)6(4)8/h1-3H,8H2. The summed E-state index contributed by atoms with van der Waals surface area (Å²) in [6, 6.07) is 3.90. The zero-order valence-corrected chi connectivity index (χ0v) is 5.04. The monoisotopic (exact) mass is 140 g/mol. The molecule has 2 N–H and O–H groups in total. The first-order valence-electron chi connectivity index (χ1n) is 2.63. The number of nitrogens with two attached hydrogens (primary N) is 1. The van der Waals surface area contributed by atoms with Gasteiger partial charge >= 0.3 is 0 Å². The summed E-state index contributed by atoms with van der Waals surface area (Å²) >= 11 is 0. The summed E-state index contributed by atoms with van der Waals surface area (Å²) in [4.78, 5) is 9.88. The molecule has 0 aliphatic carbocycles. The van der Waals surface area contributed by atoms with E-state index in [0.717, 1.165) is 0 Å². The van der Waals surface area contributed by atoms with E-state index in [1.54, 1.807) is 0 Å². The minimum atomic E-state index is -0.614. The maximum Gasteiger partial charge on any atom is 0.148 e. The highest BCUT2D eigenvalue weighted by atomic mass is 19.1. The van der Waals surface area contributed by atoms with Crippen LogP contribution in [0.5, 0.6) is 0 Å². The van der Waals surface area contributed by atoms with Gasteiger partial charge in [0.05, 0.1) is 5.69 Å². The molecule has 52 valence electrons. The number of hydrogen-bond acceptors (Lipinski definition) is 3. The molecule has 10 heavy (non-hydrogen) atoms. The minimum absolute atomic E-state index is 0.0556. The van der Waals surface area contributed by atoms with Gasteiger partial charge in [0.2, 0.25) is 0 Å². The number of halogens is 1. The molecule has 1 aromatic carbocycles. The molecule has 1 aromatic rings. The molecule has 0 aliphatic rings. The summed E-state index contributed by atoms with van der Waals surface area (Å²) in [6.07, 6.45) is 0. The van der Waals surface area contributed by atoms with Gasteiger partial charge in [-0.2, -0.15) is 0 Å². The molecule has 0 saturated heterocycles. The predicted molar refractivity (Wildman–Crippen MR) is 36.3 cm³/mol. The molecule has 0 radical (unpaired) electrons. The maximum atomic E-state index is 12.4. The Hall–Kier alpha value is -1.45. The van der Waals surface area contributed by atoms with Gasteiger partial charge in [-0.15, -0.1) is 4.91 Å². The Balaban J connectivity index is 3.27. The van der Waals surface area contributed by atoms with Crippen LogP contribution in [-0.2, 0) is 0 Å². The van der Waals surface area contributed by atoms with E-state index in [0.29, 0.717) is 0 Å². The van der Waals surface area contributed by atoms with Gasteiger partial charge < -0.3 is 5.73 Å². The first-order chi connectivity index (χ1) is 4.75. The second-order valence-corrected chi connectivity index (χ2v) is 1.76. The van der Waals surface area contributed by atoms with Crippen molar-refractivity contribution in [2.75, 3.05) is 5.73 Å². The zero-order valence-electron chi connectivity index (χ0n) is 5.04. The number of anilines is 1. The lowest BCUT2D eigenvalue weighted by Gasteiger charge is -1.95. The third-order valence-corrected chi connectivity index (χ3v) is 1.13. The maximum absolute atomic E-state index is 12.4. The quantitative estimate of drug-likeness (QED) is 0.477. The van der Waals surface area contributed by atoms with Crippen molar-refractivity contribution < 1.29 is 4.39 Å². The molecule has 0 amide bonds. The van der Waals surface area contributed by atoms with Gasteiger partial charge in [0.1, 0.15) is 11.5 Å². The lowest BCUT2D eigenvalue weighted by atomic mass is 10.3. The van der Waals surface area contributed by atoms with Crippen molar-refractivity contribution in [3.05, 3.63) is 28.9 Å². The second kappa shape index (κ2) is 2.43. The Kier molecular flexibility index (Phi) is 1.62. The van der Waals surface area contributed by atoms with Gasteiger partial charge in [-0.25, -0.2) is 4.39 Å². The molecule has 0 heterocycles. The van der Waals surface area contributed by atoms with E-state index in [1.807, 2.05) is 0 Å². The Labute approximate surface area is 56.6 Å². The molecule has 0 atom stereocenters. The van der Waals surface area contributed by atoms with Crippen LogP contribution >= 0.6 is 0 Å². The fourth-order valence-corrected chi connectivity index (χ4v) is 0.605. The van der Waals surface area contributed by atoms with Gasteiger partial charge in [-0.1, -0.05) is 6.07 Å². The molecular formula is C6H5FN2O. The zero-order chi connectivity index (χ0) is 7.56. The van der Waals surface area contributed by atoms with Crippen LogP contribution in [0.4, 0.5) is 15.8 Å². The van der Waals surface area contributed by atoms with Crippen LogP contribution in [0.1, 0.15) is 0 Å². The predicted octanol–water partition coefficient (Wildman–Crippen LogP) is 1.81. The van der Waals surface area contributed by atoms with E-state index in [4.69, 9.17) is 5.73 Å². The summed E-state index contributed by atoms with van der Waals surface area (Å²) in [5, 5.41) is 2.52. The number of nitrogens with zero attached hydrogens (tertiary/aromatic N) is 1. The highest BCUT2D eigenvalue weighted by Crippen LogP contribution is 2.23. The molecule has 1 rings (SSSR count). The van der Waals surface area contributed by atoms with E-state index in [9.17, 15) is 9.30 Å². The summed E-state index contributed by atoms with van der Waals surface area (Å²) < 4.78 is 12.4. The average molecular weight is 140 g/mol. The van der Waals surface area contributed by atoms with E-state index in [-0.39, 0.29) is 11.4 Å². The lowest BCUT2D eigenvalue weighted by Crippen LogP contribution is -1.89. The van der Waals surface area contributed by atoms with Crippen molar-refractivity contribution in [2.24, 2.45) is 5.18 Å². The molecule has 3 nitrogen and oxygen atoms in total. The molecule has 0 spiro atoms. The Morgan fingerprint density at radius 2 is 2.20 bits per heavy atom. The highest BCUT2D eigenvalue weighted by Gasteiger charge is 2.02. The van der Waals surface area contributed by atoms with Crippen molar-refractivity contribution in [1.29, 1.82) is 0 Å². The van der Waals surface area contributed by atoms with Crippen molar-refractivity contribution in [1.82, 2.24) is 0 Å². The number of benzene rings is 1. The Morgan fingerprint density at radius 3 is 2.70 bits per heavy atom. The van der Waals surface area contributed by atoms with Gasteiger partial charge in [0, 0.05) is 0 Å². The van der Waals surface area contributed by atoms with Gasteiger partial charge in [0.15, 0.2) is 0 Å². The van der Waals surface area contributed by atoms with E-state index in [2.05, 4.69) is 5.18 Å².